The summed E-state index contributed by atoms with van der Waals surface area (Å²) in [5.41, 5.74) is 0.974. The lowest BCUT2D eigenvalue weighted by atomic mass is 10.2. The second-order valence-corrected chi connectivity index (χ2v) is 3.76. The fourth-order valence-corrected chi connectivity index (χ4v) is 1.76. The van der Waals surface area contributed by atoms with Crippen LogP contribution in [0.15, 0.2) is 30.3 Å². The van der Waals surface area contributed by atoms with Gasteiger partial charge in [-0.2, -0.15) is 0 Å². The van der Waals surface area contributed by atoms with E-state index in [0.717, 1.165) is 5.56 Å². The van der Waals surface area contributed by atoms with Gasteiger partial charge in [-0.1, -0.05) is 30.3 Å². The number of likely N-dealkylation sites (N-methyl/N-ethyl adjacent to an activating group) is 1. The van der Waals surface area contributed by atoms with Gasteiger partial charge in [-0.15, -0.1) is 0 Å². The SMILES string of the molecule is CCN1CC(=O)N(Cc2ccccc2)C1=O. The molecule has 2 rings (SSSR count). The average Bonchev–Trinajstić information content (AvgIpc) is 2.58. The van der Waals surface area contributed by atoms with E-state index in [0.29, 0.717) is 13.1 Å². The molecule has 0 aromatic heterocycles. The topological polar surface area (TPSA) is 40.6 Å². The molecule has 1 aromatic carbocycles. The lowest BCUT2D eigenvalue weighted by molar-refractivity contribution is -0.125. The Morgan fingerprint density at radius 1 is 1.19 bits per heavy atom. The molecule has 0 radical (unpaired) electrons. The number of amides is 3. The lowest BCUT2D eigenvalue weighted by Gasteiger charge is -2.15. The minimum Gasteiger partial charge on any atom is -0.315 e. The van der Waals surface area contributed by atoms with E-state index >= 15 is 0 Å². The van der Waals surface area contributed by atoms with Crippen molar-refractivity contribution in [3.63, 3.8) is 0 Å². The van der Waals surface area contributed by atoms with Gasteiger partial charge in [0.2, 0.25) is 0 Å². The van der Waals surface area contributed by atoms with Gasteiger partial charge >= 0.3 is 6.03 Å². The highest BCUT2D eigenvalue weighted by Gasteiger charge is 2.34. The zero-order valence-corrected chi connectivity index (χ0v) is 9.22. The Hall–Kier alpha value is -1.84. The van der Waals surface area contributed by atoms with Gasteiger partial charge in [-0.3, -0.25) is 9.69 Å². The van der Waals surface area contributed by atoms with Crippen molar-refractivity contribution in [2.24, 2.45) is 0 Å². The molecule has 0 bridgehead atoms. The smallest absolute Gasteiger partial charge is 0.315 e. The largest absolute Gasteiger partial charge is 0.327 e. The number of carbonyl (C=O) groups excluding carboxylic acids is 2. The van der Waals surface area contributed by atoms with Crippen molar-refractivity contribution in [2.75, 3.05) is 13.1 Å². The molecular weight excluding hydrogens is 204 g/mol. The van der Waals surface area contributed by atoms with E-state index in [-0.39, 0.29) is 18.5 Å². The van der Waals surface area contributed by atoms with E-state index in [1.807, 2.05) is 37.3 Å². The molecule has 16 heavy (non-hydrogen) atoms. The minimum absolute atomic E-state index is 0.115. The average molecular weight is 218 g/mol. The molecule has 3 amide bonds. The third-order valence-electron chi connectivity index (χ3n) is 2.69. The van der Waals surface area contributed by atoms with Crippen LogP contribution in [0.3, 0.4) is 0 Å². The summed E-state index contributed by atoms with van der Waals surface area (Å²) < 4.78 is 0. The van der Waals surface area contributed by atoms with Gasteiger partial charge in [0.25, 0.3) is 5.91 Å². The first kappa shape index (κ1) is 10.7. The van der Waals surface area contributed by atoms with Gasteiger partial charge in [0.05, 0.1) is 6.54 Å². The molecule has 0 atom stereocenters. The van der Waals surface area contributed by atoms with Crippen LogP contribution >= 0.6 is 0 Å². The van der Waals surface area contributed by atoms with E-state index < -0.39 is 0 Å². The molecule has 0 N–H and O–H groups in total. The van der Waals surface area contributed by atoms with E-state index in [9.17, 15) is 9.59 Å². The highest BCUT2D eigenvalue weighted by atomic mass is 16.2. The molecule has 4 heteroatoms. The monoisotopic (exact) mass is 218 g/mol. The van der Waals surface area contributed by atoms with Crippen molar-refractivity contribution >= 4 is 11.9 Å². The predicted molar refractivity (Wildman–Crippen MR) is 59.6 cm³/mol. The maximum Gasteiger partial charge on any atom is 0.327 e. The molecule has 1 heterocycles. The molecule has 0 aliphatic carbocycles. The lowest BCUT2D eigenvalue weighted by Crippen LogP contribution is -2.32. The van der Waals surface area contributed by atoms with Crippen LogP contribution in [-0.2, 0) is 11.3 Å². The number of rotatable bonds is 3. The number of hydrogen-bond acceptors (Lipinski definition) is 2. The molecule has 1 saturated heterocycles. The number of urea groups is 1. The molecule has 4 nitrogen and oxygen atoms in total. The summed E-state index contributed by atoms with van der Waals surface area (Å²) in [4.78, 5) is 26.3. The Balaban J connectivity index is 2.11. The van der Waals surface area contributed by atoms with Gasteiger partial charge in [-0.25, -0.2) is 4.79 Å². The molecule has 1 fully saturated rings. The van der Waals surface area contributed by atoms with Crippen LogP contribution in [0.25, 0.3) is 0 Å². The normalized spacial score (nSPS) is 16.1. The second-order valence-electron chi connectivity index (χ2n) is 3.76. The van der Waals surface area contributed by atoms with E-state index in [1.54, 1.807) is 4.90 Å². The summed E-state index contributed by atoms with van der Waals surface area (Å²) >= 11 is 0. The third kappa shape index (κ3) is 1.91. The van der Waals surface area contributed by atoms with Gasteiger partial charge < -0.3 is 4.90 Å². The summed E-state index contributed by atoms with van der Waals surface area (Å²) in [5.74, 6) is -0.115. The van der Waals surface area contributed by atoms with Crippen LogP contribution in [0.1, 0.15) is 12.5 Å². The first-order valence-corrected chi connectivity index (χ1v) is 5.35. The summed E-state index contributed by atoms with van der Waals surface area (Å²) in [6.45, 7) is 3.03. The number of nitrogens with zero attached hydrogens (tertiary/aromatic N) is 2. The van der Waals surface area contributed by atoms with Crippen molar-refractivity contribution < 1.29 is 9.59 Å². The van der Waals surface area contributed by atoms with E-state index in [4.69, 9.17) is 0 Å². The quantitative estimate of drug-likeness (QED) is 0.721. The first-order valence-electron chi connectivity index (χ1n) is 5.35. The Bertz CT molecular complexity index is 403. The number of hydrogen-bond donors (Lipinski definition) is 0. The first-order chi connectivity index (χ1) is 7.72. The predicted octanol–water partition coefficient (Wildman–Crippen LogP) is 1.47. The summed E-state index contributed by atoms with van der Waals surface area (Å²) in [5, 5.41) is 0. The minimum atomic E-state index is -0.184. The van der Waals surface area contributed by atoms with Crippen molar-refractivity contribution in [2.45, 2.75) is 13.5 Å². The number of imide groups is 1. The fraction of sp³-hybridized carbons (Fsp3) is 0.333. The molecule has 0 spiro atoms. The van der Waals surface area contributed by atoms with Crippen molar-refractivity contribution in [3.05, 3.63) is 35.9 Å². The summed E-state index contributed by atoms with van der Waals surface area (Å²) in [6, 6.07) is 9.35. The third-order valence-corrected chi connectivity index (χ3v) is 2.69. The molecule has 1 aliphatic heterocycles. The molecule has 84 valence electrons. The van der Waals surface area contributed by atoms with Gasteiger partial charge in [0.15, 0.2) is 0 Å². The van der Waals surface area contributed by atoms with Crippen molar-refractivity contribution in [3.8, 4) is 0 Å². The maximum atomic E-state index is 11.8. The molecule has 1 aromatic rings. The molecule has 0 unspecified atom stereocenters. The van der Waals surface area contributed by atoms with Gasteiger partial charge in [-0.05, 0) is 12.5 Å². The molecular formula is C12H14N2O2. The number of carbonyl (C=O) groups is 2. The van der Waals surface area contributed by atoms with Gasteiger partial charge in [0.1, 0.15) is 6.54 Å². The highest BCUT2D eigenvalue weighted by molar-refractivity contribution is 6.01. The fourth-order valence-electron chi connectivity index (χ4n) is 1.76. The zero-order chi connectivity index (χ0) is 11.5. The summed E-state index contributed by atoms with van der Waals surface area (Å²) in [6.07, 6.45) is 0. The Morgan fingerprint density at radius 3 is 2.44 bits per heavy atom. The number of benzene rings is 1. The van der Waals surface area contributed by atoms with Gasteiger partial charge in [0, 0.05) is 6.54 Å². The zero-order valence-electron chi connectivity index (χ0n) is 9.22. The van der Waals surface area contributed by atoms with Crippen molar-refractivity contribution in [1.82, 2.24) is 9.80 Å². The standard InChI is InChI=1S/C12H14N2O2/c1-2-13-9-11(15)14(12(13)16)8-10-6-4-3-5-7-10/h3-7H,2,8-9H2,1H3. The Labute approximate surface area is 94.5 Å². The van der Waals surface area contributed by atoms with E-state index in [1.165, 1.54) is 4.90 Å². The van der Waals surface area contributed by atoms with Crippen LogP contribution in [0.5, 0.6) is 0 Å². The Kier molecular flexibility index (Phi) is 2.90. The maximum absolute atomic E-state index is 11.8. The van der Waals surface area contributed by atoms with Crippen LogP contribution in [0.4, 0.5) is 4.79 Å². The summed E-state index contributed by atoms with van der Waals surface area (Å²) in [7, 11) is 0. The van der Waals surface area contributed by atoms with Crippen LogP contribution in [-0.4, -0.2) is 34.8 Å². The highest BCUT2D eigenvalue weighted by Crippen LogP contribution is 2.13. The molecule has 1 aliphatic rings. The second kappa shape index (κ2) is 4.35. The Morgan fingerprint density at radius 2 is 1.88 bits per heavy atom. The molecule has 0 saturated carbocycles. The van der Waals surface area contributed by atoms with Crippen LogP contribution in [0.2, 0.25) is 0 Å². The van der Waals surface area contributed by atoms with Crippen LogP contribution < -0.4 is 0 Å². The van der Waals surface area contributed by atoms with E-state index in [2.05, 4.69) is 0 Å². The van der Waals surface area contributed by atoms with Crippen molar-refractivity contribution in [1.29, 1.82) is 0 Å². The van der Waals surface area contributed by atoms with Crippen LogP contribution in [0, 0.1) is 0 Å².